The van der Waals surface area contributed by atoms with Crippen LogP contribution in [0.5, 0.6) is 0 Å². The van der Waals surface area contributed by atoms with Crippen LogP contribution in [-0.4, -0.2) is 23.2 Å². The number of methoxy groups -OCH3 is 1. The molecular formula is C12H19N3O3. The summed E-state index contributed by atoms with van der Waals surface area (Å²) in [5, 5.41) is 3.92. The summed E-state index contributed by atoms with van der Waals surface area (Å²) in [6, 6.07) is 0. The van der Waals surface area contributed by atoms with Crippen molar-refractivity contribution in [2.24, 2.45) is 11.1 Å². The molecule has 1 aromatic rings. The van der Waals surface area contributed by atoms with Crippen molar-refractivity contribution in [2.45, 2.75) is 45.1 Å². The molecule has 0 saturated heterocycles. The number of esters is 1. The average molecular weight is 253 g/mol. The molecule has 0 unspecified atom stereocenters. The number of carbonyl (C=O) groups excluding carboxylic acids is 1. The number of ether oxygens (including phenoxy) is 1. The van der Waals surface area contributed by atoms with Crippen molar-refractivity contribution in [3.8, 4) is 0 Å². The lowest BCUT2D eigenvalue weighted by Crippen LogP contribution is -2.53. The van der Waals surface area contributed by atoms with Gasteiger partial charge in [0.2, 0.25) is 5.89 Å². The predicted octanol–water partition coefficient (Wildman–Crippen LogP) is 1.15. The largest absolute Gasteiger partial charge is 0.469 e. The van der Waals surface area contributed by atoms with Gasteiger partial charge < -0.3 is 15.0 Å². The van der Waals surface area contributed by atoms with Crippen molar-refractivity contribution in [3.63, 3.8) is 0 Å². The maximum Gasteiger partial charge on any atom is 0.306 e. The standard InChI is InChI=1S/C12H19N3O3/c1-11(2)6-12(13,7-11)10-14-8(18-15-10)4-5-9(16)17-3/h4-7,13H2,1-3H3. The summed E-state index contributed by atoms with van der Waals surface area (Å²) in [7, 11) is 1.35. The van der Waals surface area contributed by atoms with Gasteiger partial charge in [0.15, 0.2) is 5.82 Å². The summed E-state index contributed by atoms with van der Waals surface area (Å²) in [5.41, 5.74) is 5.98. The lowest BCUT2D eigenvalue weighted by atomic mass is 9.59. The minimum Gasteiger partial charge on any atom is -0.469 e. The van der Waals surface area contributed by atoms with Gasteiger partial charge in [-0.15, -0.1) is 0 Å². The van der Waals surface area contributed by atoms with Crippen LogP contribution >= 0.6 is 0 Å². The Balaban J connectivity index is 1.97. The predicted molar refractivity (Wildman–Crippen MR) is 63.5 cm³/mol. The first-order valence-electron chi connectivity index (χ1n) is 6.03. The zero-order chi connectivity index (χ0) is 13.4. The molecule has 18 heavy (non-hydrogen) atoms. The molecule has 1 fully saturated rings. The van der Waals surface area contributed by atoms with E-state index in [-0.39, 0.29) is 17.8 Å². The molecular weight excluding hydrogens is 234 g/mol. The van der Waals surface area contributed by atoms with E-state index in [4.69, 9.17) is 10.3 Å². The molecule has 0 atom stereocenters. The Hall–Kier alpha value is -1.43. The van der Waals surface area contributed by atoms with E-state index < -0.39 is 5.54 Å². The third-order valence-electron chi connectivity index (χ3n) is 3.27. The average Bonchev–Trinajstić information content (AvgIpc) is 2.72. The van der Waals surface area contributed by atoms with Gasteiger partial charge in [0.1, 0.15) is 0 Å². The first-order chi connectivity index (χ1) is 8.35. The number of hydrogen-bond donors (Lipinski definition) is 1. The molecule has 1 heterocycles. The summed E-state index contributed by atoms with van der Waals surface area (Å²) >= 11 is 0. The van der Waals surface area contributed by atoms with E-state index in [0.29, 0.717) is 18.1 Å². The number of carbonyl (C=O) groups is 1. The topological polar surface area (TPSA) is 91.2 Å². The Morgan fingerprint density at radius 2 is 2.17 bits per heavy atom. The van der Waals surface area contributed by atoms with Gasteiger partial charge in [-0.05, 0) is 18.3 Å². The molecule has 0 bridgehead atoms. The second kappa shape index (κ2) is 4.35. The third-order valence-corrected chi connectivity index (χ3v) is 3.27. The van der Waals surface area contributed by atoms with Crippen LogP contribution in [0.2, 0.25) is 0 Å². The number of nitrogens with two attached hydrogens (primary N) is 1. The highest BCUT2D eigenvalue weighted by Crippen LogP contribution is 2.50. The van der Waals surface area contributed by atoms with E-state index >= 15 is 0 Å². The number of nitrogens with zero attached hydrogens (tertiary/aromatic N) is 2. The van der Waals surface area contributed by atoms with Gasteiger partial charge >= 0.3 is 5.97 Å². The van der Waals surface area contributed by atoms with Crippen molar-refractivity contribution < 1.29 is 14.1 Å². The van der Waals surface area contributed by atoms with Gasteiger partial charge in [0.25, 0.3) is 0 Å². The monoisotopic (exact) mass is 253 g/mol. The molecule has 100 valence electrons. The van der Waals surface area contributed by atoms with Crippen LogP contribution in [0.4, 0.5) is 0 Å². The van der Waals surface area contributed by atoms with E-state index in [2.05, 4.69) is 28.7 Å². The Kier molecular flexibility index (Phi) is 3.14. The van der Waals surface area contributed by atoms with Crippen LogP contribution in [0.3, 0.4) is 0 Å². The molecule has 1 aromatic heterocycles. The van der Waals surface area contributed by atoms with Crippen LogP contribution < -0.4 is 5.73 Å². The molecule has 2 N–H and O–H groups in total. The Morgan fingerprint density at radius 3 is 2.72 bits per heavy atom. The van der Waals surface area contributed by atoms with Crippen molar-refractivity contribution >= 4 is 5.97 Å². The molecule has 0 spiro atoms. The van der Waals surface area contributed by atoms with Crippen molar-refractivity contribution in [2.75, 3.05) is 7.11 Å². The van der Waals surface area contributed by atoms with Gasteiger partial charge in [-0.3, -0.25) is 4.79 Å². The summed E-state index contributed by atoms with van der Waals surface area (Å²) in [5.74, 6) is 0.689. The highest BCUT2D eigenvalue weighted by Gasteiger charge is 2.50. The Labute approximate surface area is 106 Å². The molecule has 0 amide bonds. The highest BCUT2D eigenvalue weighted by molar-refractivity contribution is 5.69. The molecule has 2 rings (SSSR count). The van der Waals surface area contributed by atoms with Crippen LogP contribution in [0.25, 0.3) is 0 Å². The molecule has 1 saturated carbocycles. The third kappa shape index (κ3) is 2.53. The van der Waals surface area contributed by atoms with Crippen LogP contribution in [-0.2, 0) is 21.5 Å². The molecule has 0 aliphatic heterocycles. The first-order valence-corrected chi connectivity index (χ1v) is 6.03. The van der Waals surface area contributed by atoms with Gasteiger partial charge in [0.05, 0.1) is 19.1 Å². The number of aryl methyl sites for hydroxylation is 1. The van der Waals surface area contributed by atoms with Crippen LogP contribution in [0.1, 0.15) is 44.8 Å². The lowest BCUT2D eigenvalue weighted by molar-refractivity contribution is -0.140. The zero-order valence-corrected chi connectivity index (χ0v) is 11.0. The van der Waals surface area contributed by atoms with Crippen molar-refractivity contribution in [1.29, 1.82) is 0 Å². The van der Waals surface area contributed by atoms with E-state index in [1.165, 1.54) is 7.11 Å². The smallest absolute Gasteiger partial charge is 0.306 e. The van der Waals surface area contributed by atoms with Crippen LogP contribution in [0.15, 0.2) is 4.52 Å². The SMILES string of the molecule is COC(=O)CCc1nc(C2(N)CC(C)(C)C2)no1. The minimum atomic E-state index is -0.476. The molecule has 6 nitrogen and oxygen atoms in total. The number of aromatic nitrogens is 2. The van der Waals surface area contributed by atoms with Gasteiger partial charge in [-0.1, -0.05) is 19.0 Å². The van der Waals surface area contributed by atoms with Gasteiger partial charge in [-0.25, -0.2) is 0 Å². The van der Waals surface area contributed by atoms with Gasteiger partial charge in [0, 0.05) is 6.42 Å². The summed E-state index contributed by atoms with van der Waals surface area (Å²) in [6.07, 6.45) is 2.31. The summed E-state index contributed by atoms with van der Waals surface area (Å²) in [6.45, 7) is 4.33. The maximum atomic E-state index is 11.0. The zero-order valence-electron chi connectivity index (χ0n) is 11.0. The van der Waals surface area contributed by atoms with E-state index in [0.717, 1.165) is 12.8 Å². The fourth-order valence-electron chi connectivity index (χ4n) is 2.68. The second-order valence-electron chi connectivity index (χ2n) is 5.76. The van der Waals surface area contributed by atoms with E-state index in [1.54, 1.807) is 0 Å². The normalized spacial score (nSPS) is 20.2. The highest BCUT2D eigenvalue weighted by atomic mass is 16.5. The lowest BCUT2D eigenvalue weighted by Gasteiger charge is -2.48. The fourth-order valence-corrected chi connectivity index (χ4v) is 2.68. The molecule has 1 aliphatic carbocycles. The molecule has 0 aromatic carbocycles. The van der Waals surface area contributed by atoms with Gasteiger partial charge in [-0.2, -0.15) is 4.98 Å². The maximum absolute atomic E-state index is 11.0. The minimum absolute atomic E-state index is 0.237. The van der Waals surface area contributed by atoms with E-state index in [1.807, 2.05) is 0 Å². The molecule has 1 aliphatic rings. The van der Waals surface area contributed by atoms with Crippen molar-refractivity contribution in [3.05, 3.63) is 11.7 Å². The molecule has 0 radical (unpaired) electrons. The molecule has 6 heteroatoms. The number of hydrogen-bond acceptors (Lipinski definition) is 6. The quantitative estimate of drug-likeness (QED) is 0.809. The summed E-state index contributed by atoms with van der Waals surface area (Å²) in [4.78, 5) is 15.3. The number of rotatable bonds is 4. The Bertz CT molecular complexity index is 445. The fraction of sp³-hybridized carbons (Fsp3) is 0.750. The van der Waals surface area contributed by atoms with Crippen LogP contribution in [0, 0.1) is 5.41 Å². The summed E-state index contributed by atoms with van der Waals surface area (Å²) < 4.78 is 9.65. The van der Waals surface area contributed by atoms with E-state index in [9.17, 15) is 4.79 Å². The second-order valence-corrected chi connectivity index (χ2v) is 5.76. The van der Waals surface area contributed by atoms with Crippen molar-refractivity contribution in [1.82, 2.24) is 10.1 Å². The first kappa shape index (κ1) is 13.0. The Morgan fingerprint density at radius 1 is 1.50 bits per heavy atom.